The zero-order valence-corrected chi connectivity index (χ0v) is 27.1. The molecule has 45 heavy (non-hydrogen) atoms. The zero-order valence-electron chi connectivity index (χ0n) is 26.3. The van der Waals surface area contributed by atoms with E-state index >= 15 is 0 Å². The normalized spacial score (nSPS) is 16.5. The van der Waals surface area contributed by atoms with Crippen molar-refractivity contribution in [3.05, 3.63) is 107 Å². The van der Waals surface area contributed by atoms with Gasteiger partial charge in [0, 0.05) is 30.7 Å². The lowest BCUT2D eigenvalue weighted by molar-refractivity contribution is -0.140. The smallest absolute Gasteiger partial charge is 0.245 e. The fourth-order valence-corrected chi connectivity index (χ4v) is 5.93. The van der Waals surface area contributed by atoms with Crippen LogP contribution < -0.4 is 16.4 Å². The maximum absolute atomic E-state index is 14.1. The Morgan fingerprint density at radius 2 is 1.56 bits per heavy atom. The lowest BCUT2D eigenvalue weighted by Crippen LogP contribution is -2.56. The molecular weight excluding hydrogens is 586 g/mol. The third kappa shape index (κ3) is 10.1. The van der Waals surface area contributed by atoms with Crippen LogP contribution in [0.5, 0.6) is 0 Å². The second kappa shape index (κ2) is 17.1. The molecular formula is C36H46ClN5O3. The zero-order chi connectivity index (χ0) is 32.2. The van der Waals surface area contributed by atoms with Crippen LogP contribution in [0.2, 0.25) is 5.02 Å². The summed E-state index contributed by atoms with van der Waals surface area (Å²) in [5.41, 5.74) is 9.68. The highest BCUT2D eigenvalue weighted by molar-refractivity contribution is 6.30. The molecule has 1 saturated heterocycles. The molecule has 4 rings (SSSR count). The number of hydrogen-bond donors (Lipinski definition) is 3. The number of nitrogens with one attached hydrogen (secondary N) is 2. The lowest BCUT2D eigenvalue weighted by Gasteiger charge is -2.34. The molecule has 3 amide bonds. The molecule has 0 aromatic heterocycles. The lowest BCUT2D eigenvalue weighted by atomic mass is 10.0. The molecule has 0 spiro atoms. The number of likely N-dealkylation sites (tertiary alicyclic amines) is 1. The third-order valence-corrected chi connectivity index (χ3v) is 8.86. The highest BCUT2D eigenvalue weighted by Crippen LogP contribution is 2.22. The molecule has 0 saturated carbocycles. The van der Waals surface area contributed by atoms with Crippen molar-refractivity contribution in [1.82, 2.24) is 20.4 Å². The van der Waals surface area contributed by atoms with Gasteiger partial charge in [-0.2, -0.15) is 0 Å². The van der Waals surface area contributed by atoms with E-state index in [2.05, 4.69) is 10.6 Å². The standard InChI is InChI=1S/C36H46ClN5O3/c1-26(39-2)34(43)40-33(20-17-27-10-5-3-6-11-27)36(45)42-22-9-14-31(42)25-41(23-21-28-12-7-4-8-13-28)35(44)32(38)24-29-15-18-30(37)19-16-29/h3-8,10-13,15-16,18-19,26,31-33,39H,9,14,17,20-25,38H2,1-2H3,(H,40,43)/t26-,31-,32+,33-/m0/s1. The van der Waals surface area contributed by atoms with Crippen LogP contribution in [0.25, 0.3) is 0 Å². The van der Waals surface area contributed by atoms with Gasteiger partial charge in [-0.25, -0.2) is 0 Å². The summed E-state index contributed by atoms with van der Waals surface area (Å²) in [5, 5.41) is 6.60. The number of likely N-dealkylation sites (N-methyl/N-ethyl adjacent to an activating group) is 1. The summed E-state index contributed by atoms with van der Waals surface area (Å²) in [4.78, 5) is 44.6. The number of benzene rings is 3. The van der Waals surface area contributed by atoms with Gasteiger partial charge < -0.3 is 26.2 Å². The topological polar surface area (TPSA) is 108 Å². The first kappa shape index (κ1) is 34.2. The van der Waals surface area contributed by atoms with Crippen molar-refractivity contribution in [2.75, 3.05) is 26.7 Å². The minimum atomic E-state index is -0.728. The number of carbonyl (C=O) groups excluding carboxylic acids is 3. The summed E-state index contributed by atoms with van der Waals surface area (Å²) in [7, 11) is 1.72. The van der Waals surface area contributed by atoms with E-state index in [-0.39, 0.29) is 23.8 Å². The van der Waals surface area contributed by atoms with E-state index in [9.17, 15) is 14.4 Å². The Morgan fingerprint density at radius 3 is 2.18 bits per heavy atom. The Bertz CT molecular complexity index is 1370. The van der Waals surface area contributed by atoms with Crippen molar-refractivity contribution < 1.29 is 14.4 Å². The molecule has 3 aromatic rings. The first-order valence-corrected chi connectivity index (χ1v) is 16.3. The minimum Gasteiger partial charge on any atom is -0.343 e. The van der Waals surface area contributed by atoms with Gasteiger partial charge in [-0.1, -0.05) is 84.4 Å². The van der Waals surface area contributed by atoms with Gasteiger partial charge in [0.25, 0.3) is 0 Å². The SMILES string of the molecule is CN[C@@H](C)C(=O)N[C@@H](CCc1ccccc1)C(=O)N1CCC[C@H]1CN(CCc1ccccc1)C(=O)[C@H](N)Cc1ccc(Cl)cc1. The van der Waals surface area contributed by atoms with Crippen LogP contribution in [-0.2, 0) is 33.6 Å². The maximum Gasteiger partial charge on any atom is 0.245 e. The van der Waals surface area contributed by atoms with E-state index in [0.29, 0.717) is 50.3 Å². The van der Waals surface area contributed by atoms with E-state index in [1.165, 1.54) is 0 Å². The monoisotopic (exact) mass is 631 g/mol. The minimum absolute atomic E-state index is 0.106. The Labute approximate surface area is 272 Å². The van der Waals surface area contributed by atoms with Crippen LogP contribution in [0, 0.1) is 0 Å². The second-order valence-corrected chi connectivity index (χ2v) is 12.3. The molecule has 1 aliphatic heterocycles. The third-order valence-electron chi connectivity index (χ3n) is 8.61. The van der Waals surface area contributed by atoms with Crippen molar-refractivity contribution >= 4 is 29.3 Å². The van der Waals surface area contributed by atoms with Crippen LogP contribution in [0.3, 0.4) is 0 Å². The molecule has 9 heteroatoms. The van der Waals surface area contributed by atoms with Crippen molar-refractivity contribution in [3.63, 3.8) is 0 Å². The van der Waals surface area contributed by atoms with Crippen LogP contribution in [0.15, 0.2) is 84.9 Å². The molecule has 4 N–H and O–H groups in total. The molecule has 0 unspecified atom stereocenters. The highest BCUT2D eigenvalue weighted by atomic mass is 35.5. The summed E-state index contributed by atoms with van der Waals surface area (Å²) in [5.74, 6) is -0.463. The second-order valence-electron chi connectivity index (χ2n) is 11.9. The van der Waals surface area contributed by atoms with Crippen molar-refractivity contribution in [2.24, 2.45) is 5.73 Å². The van der Waals surface area contributed by atoms with Crippen LogP contribution in [0.4, 0.5) is 0 Å². The van der Waals surface area contributed by atoms with Gasteiger partial charge in [-0.05, 0) is 81.3 Å². The first-order valence-electron chi connectivity index (χ1n) is 15.9. The Kier molecular flexibility index (Phi) is 13.0. The molecule has 1 fully saturated rings. The van der Waals surface area contributed by atoms with Gasteiger partial charge in [0.2, 0.25) is 17.7 Å². The summed E-state index contributed by atoms with van der Waals surface area (Å²) < 4.78 is 0. The Hall–Kier alpha value is -3.72. The van der Waals surface area contributed by atoms with E-state index in [1.54, 1.807) is 26.1 Å². The molecule has 3 aromatic carbocycles. The number of halogens is 1. The number of aryl methyl sites for hydroxylation is 1. The summed E-state index contributed by atoms with van der Waals surface area (Å²) in [6, 6.07) is 25.4. The average molecular weight is 632 g/mol. The first-order chi connectivity index (χ1) is 21.7. The molecule has 1 aliphatic rings. The van der Waals surface area contributed by atoms with Crippen LogP contribution >= 0.6 is 11.6 Å². The number of hydrogen-bond acceptors (Lipinski definition) is 5. The molecule has 0 aliphatic carbocycles. The predicted octanol–water partition coefficient (Wildman–Crippen LogP) is 4.00. The molecule has 240 valence electrons. The fraction of sp³-hybridized carbons (Fsp3) is 0.417. The number of rotatable bonds is 15. The number of carbonyl (C=O) groups is 3. The fourth-order valence-electron chi connectivity index (χ4n) is 5.81. The van der Waals surface area contributed by atoms with E-state index in [0.717, 1.165) is 29.5 Å². The molecule has 4 atom stereocenters. The number of nitrogens with two attached hydrogens (primary N) is 1. The Morgan fingerprint density at radius 1 is 0.933 bits per heavy atom. The molecule has 0 radical (unpaired) electrons. The van der Waals surface area contributed by atoms with Crippen molar-refractivity contribution in [2.45, 2.75) is 69.6 Å². The van der Waals surface area contributed by atoms with E-state index < -0.39 is 18.1 Å². The highest BCUT2D eigenvalue weighted by Gasteiger charge is 2.36. The van der Waals surface area contributed by atoms with E-state index in [1.807, 2.05) is 82.6 Å². The van der Waals surface area contributed by atoms with Gasteiger partial charge in [0.15, 0.2) is 0 Å². The van der Waals surface area contributed by atoms with Crippen LogP contribution in [-0.4, -0.2) is 78.4 Å². The molecule has 1 heterocycles. The average Bonchev–Trinajstić information content (AvgIpc) is 3.53. The largest absolute Gasteiger partial charge is 0.343 e. The van der Waals surface area contributed by atoms with Crippen molar-refractivity contribution in [1.29, 1.82) is 0 Å². The van der Waals surface area contributed by atoms with Gasteiger partial charge >= 0.3 is 0 Å². The number of amides is 3. The Balaban J connectivity index is 1.50. The van der Waals surface area contributed by atoms with Gasteiger partial charge in [-0.3, -0.25) is 14.4 Å². The summed E-state index contributed by atoms with van der Waals surface area (Å²) in [6.07, 6.45) is 3.82. The number of nitrogens with zero attached hydrogens (tertiary/aromatic N) is 2. The van der Waals surface area contributed by atoms with E-state index in [4.69, 9.17) is 17.3 Å². The van der Waals surface area contributed by atoms with Crippen molar-refractivity contribution in [3.8, 4) is 0 Å². The van der Waals surface area contributed by atoms with Gasteiger partial charge in [-0.15, -0.1) is 0 Å². The van der Waals surface area contributed by atoms with Crippen LogP contribution in [0.1, 0.15) is 42.9 Å². The predicted molar refractivity (Wildman–Crippen MR) is 180 cm³/mol. The molecule has 0 bridgehead atoms. The quantitative estimate of drug-likeness (QED) is 0.235. The summed E-state index contributed by atoms with van der Waals surface area (Å²) in [6.45, 7) is 3.23. The maximum atomic E-state index is 14.1. The summed E-state index contributed by atoms with van der Waals surface area (Å²) >= 11 is 6.05. The van der Waals surface area contributed by atoms with Gasteiger partial charge in [0.1, 0.15) is 6.04 Å². The van der Waals surface area contributed by atoms with Gasteiger partial charge in [0.05, 0.1) is 12.1 Å². The molecule has 8 nitrogen and oxygen atoms in total.